The van der Waals surface area contributed by atoms with Crippen molar-refractivity contribution < 1.29 is 19.2 Å². The molecule has 1 amide bonds. The van der Waals surface area contributed by atoms with Crippen molar-refractivity contribution in [2.75, 3.05) is 31.1 Å². The van der Waals surface area contributed by atoms with Crippen molar-refractivity contribution >= 4 is 50.6 Å². The number of aryl methyl sites for hydroxylation is 1. The van der Waals surface area contributed by atoms with Gasteiger partial charge in [0.05, 0.1) is 16.9 Å². The van der Waals surface area contributed by atoms with Crippen LogP contribution in [0.15, 0.2) is 39.5 Å². The third kappa shape index (κ3) is 4.47. The average Bonchev–Trinajstić information content (AvgIpc) is 3.21. The number of nitrogens with one attached hydrogen (secondary N) is 1. The number of hydrogen-bond donors (Lipinski definition) is 2. The second kappa shape index (κ2) is 10.2. The zero-order valence-electron chi connectivity index (χ0n) is 22.4. The molecule has 3 aromatic heterocycles. The molecule has 3 fully saturated rings. The van der Waals surface area contributed by atoms with Crippen molar-refractivity contribution in [3.63, 3.8) is 0 Å². The Balaban J connectivity index is 1.25. The smallest absolute Gasteiger partial charge is 0.404 e. The van der Waals surface area contributed by atoms with Gasteiger partial charge in [0.2, 0.25) is 0 Å². The van der Waals surface area contributed by atoms with E-state index >= 15 is 0 Å². The van der Waals surface area contributed by atoms with E-state index in [-0.39, 0.29) is 12.1 Å². The maximum Gasteiger partial charge on any atom is 0.404 e. The van der Waals surface area contributed by atoms with Crippen LogP contribution in [0.1, 0.15) is 43.4 Å². The second-order valence-corrected chi connectivity index (χ2v) is 12.3. The van der Waals surface area contributed by atoms with E-state index < -0.39 is 11.5 Å². The molecule has 2 aliphatic heterocycles. The van der Waals surface area contributed by atoms with Crippen LogP contribution in [-0.2, 0) is 10.2 Å². The summed E-state index contributed by atoms with van der Waals surface area (Å²) in [6.45, 7) is 4.30. The second-order valence-electron chi connectivity index (χ2n) is 11.1. The Hall–Kier alpha value is -3.22. The summed E-state index contributed by atoms with van der Waals surface area (Å²) in [5.74, 6) is 1.97. The molecule has 3 aliphatic rings. The molecule has 0 radical (unpaired) electrons. The fraction of sp³-hybridized carbons (Fsp3) is 0.464. The fourth-order valence-electron chi connectivity index (χ4n) is 6.76. The molecular weight excluding hydrogens is 614 g/mol. The molecule has 1 unspecified atom stereocenters. The zero-order valence-corrected chi connectivity index (χ0v) is 24.7. The Labute approximate surface area is 249 Å². The van der Waals surface area contributed by atoms with Crippen LogP contribution >= 0.6 is 27.5 Å². The SMILES string of the molecule is Cc1cc([C@@]2(CNC(=O)O)[C@@H]3CCN(c4cnc5c(-c6cccc(Br)c6Cl)nn(C6CCCCO6)c5n4)C[C@@H]32)no1. The molecule has 2 N–H and O–H groups in total. The summed E-state index contributed by atoms with van der Waals surface area (Å²) in [4.78, 5) is 23.6. The number of benzene rings is 1. The van der Waals surface area contributed by atoms with Gasteiger partial charge in [0.15, 0.2) is 11.9 Å². The van der Waals surface area contributed by atoms with Crippen LogP contribution in [-0.4, -0.2) is 62.3 Å². The van der Waals surface area contributed by atoms with E-state index in [0.29, 0.717) is 53.3 Å². The summed E-state index contributed by atoms with van der Waals surface area (Å²) >= 11 is 10.2. The Morgan fingerprint density at radius 3 is 2.93 bits per heavy atom. The molecule has 1 saturated carbocycles. The van der Waals surface area contributed by atoms with E-state index in [1.807, 2.05) is 35.9 Å². The largest absolute Gasteiger partial charge is 0.465 e. The predicted octanol–water partition coefficient (Wildman–Crippen LogP) is 5.57. The van der Waals surface area contributed by atoms with E-state index in [2.05, 4.69) is 31.3 Å². The van der Waals surface area contributed by atoms with E-state index in [1.54, 1.807) is 6.20 Å². The van der Waals surface area contributed by atoms with Gasteiger partial charge < -0.3 is 24.6 Å². The molecule has 11 nitrogen and oxygen atoms in total. The predicted molar refractivity (Wildman–Crippen MR) is 155 cm³/mol. The van der Waals surface area contributed by atoms with Gasteiger partial charge >= 0.3 is 6.09 Å². The third-order valence-corrected chi connectivity index (χ3v) is 10.1. The molecule has 5 heterocycles. The number of carboxylic acid groups (broad SMARTS) is 1. The number of carbonyl (C=O) groups is 1. The Morgan fingerprint density at radius 1 is 1.29 bits per heavy atom. The number of anilines is 1. The van der Waals surface area contributed by atoms with Gasteiger partial charge in [0.1, 0.15) is 22.8 Å². The molecule has 4 aromatic rings. The van der Waals surface area contributed by atoms with Gasteiger partial charge in [0.25, 0.3) is 0 Å². The standard InChI is InChI=1S/C28H29BrClN7O4/c1-15-11-20(35-41-15)28(14-32-27(38)39)17-8-9-36(13-18(17)28)21-12-31-25-24(16-5-4-6-19(29)23(16)30)34-37(26(25)33-21)22-7-2-3-10-40-22/h4-6,11-12,17-18,22,32H,2-3,7-10,13-14H2,1H3,(H,38,39)/t17-,18+,22?,28+/m1/s1. The first-order valence-electron chi connectivity index (χ1n) is 13.8. The first-order valence-corrected chi connectivity index (χ1v) is 15.0. The van der Waals surface area contributed by atoms with Gasteiger partial charge in [-0.05, 0) is 66.4 Å². The maximum absolute atomic E-state index is 11.4. The monoisotopic (exact) mass is 641 g/mol. The molecule has 0 bridgehead atoms. The number of ether oxygens (including phenoxy) is 1. The van der Waals surface area contributed by atoms with E-state index in [9.17, 15) is 9.90 Å². The number of fused-ring (bicyclic) bond motifs is 2. The van der Waals surface area contributed by atoms with Crippen molar-refractivity contribution in [2.24, 2.45) is 11.8 Å². The van der Waals surface area contributed by atoms with Crippen LogP contribution in [0.25, 0.3) is 22.4 Å². The first-order chi connectivity index (χ1) is 19.9. The van der Waals surface area contributed by atoms with Gasteiger partial charge in [-0.2, -0.15) is 5.10 Å². The molecule has 7 rings (SSSR count). The van der Waals surface area contributed by atoms with Crippen molar-refractivity contribution in [3.05, 3.63) is 51.4 Å². The minimum Gasteiger partial charge on any atom is -0.465 e. The number of amides is 1. The molecule has 4 atom stereocenters. The first kappa shape index (κ1) is 26.7. The lowest BCUT2D eigenvalue weighted by Crippen LogP contribution is -2.35. The number of rotatable bonds is 6. The van der Waals surface area contributed by atoms with Crippen LogP contribution < -0.4 is 10.2 Å². The quantitative estimate of drug-likeness (QED) is 0.277. The van der Waals surface area contributed by atoms with Crippen molar-refractivity contribution in [3.8, 4) is 11.3 Å². The van der Waals surface area contributed by atoms with Gasteiger partial charge in [-0.3, -0.25) is 0 Å². The molecule has 0 spiro atoms. The molecular formula is C28H29BrClN7O4. The van der Waals surface area contributed by atoms with E-state index in [1.165, 1.54) is 0 Å². The topological polar surface area (TPSA) is 131 Å². The summed E-state index contributed by atoms with van der Waals surface area (Å²) in [5, 5.41) is 21.8. The van der Waals surface area contributed by atoms with E-state index in [4.69, 9.17) is 35.9 Å². The highest BCUT2D eigenvalue weighted by Crippen LogP contribution is 2.63. The van der Waals surface area contributed by atoms with Crippen LogP contribution in [0.4, 0.5) is 10.6 Å². The number of aromatic nitrogens is 5. The maximum atomic E-state index is 11.4. The number of nitrogens with zero attached hydrogens (tertiary/aromatic N) is 6. The molecule has 13 heteroatoms. The van der Waals surface area contributed by atoms with Crippen LogP contribution in [0.2, 0.25) is 5.02 Å². The summed E-state index contributed by atoms with van der Waals surface area (Å²) in [7, 11) is 0. The molecule has 2 saturated heterocycles. The summed E-state index contributed by atoms with van der Waals surface area (Å²) < 4.78 is 14.2. The molecule has 1 aliphatic carbocycles. The minimum atomic E-state index is -1.04. The molecule has 41 heavy (non-hydrogen) atoms. The average molecular weight is 643 g/mol. The highest BCUT2D eigenvalue weighted by atomic mass is 79.9. The Bertz CT molecular complexity index is 1640. The fourth-order valence-corrected chi connectivity index (χ4v) is 7.34. The summed E-state index contributed by atoms with van der Waals surface area (Å²) in [6.07, 6.45) is 4.33. The highest BCUT2D eigenvalue weighted by Gasteiger charge is 2.68. The van der Waals surface area contributed by atoms with Gasteiger partial charge in [-0.15, -0.1) is 0 Å². The number of hydrogen-bond acceptors (Lipinski definition) is 8. The highest BCUT2D eigenvalue weighted by molar-refractivity contribution is 9.10. The number of piperidine rings is 1. The number of halogens is 2. The van der Waals surface area contributed by atoms with Crippen LogP contribution in [0.3, 0.4) is 0 Å². The summed E-state index contributed by atoms with van der Waals surface area (Å²) in [5.41, 5.74) is 3.18. The lowest BCUT2D eigenvalue weighted by atomic mass is 9.96. The van der Waals surface area contributed by atoms with Crippen molar-refractivity contribution in [1.29, 1.82) is 0 Å². The van der Waals surface area contributed by atoms with Gasteiger partial charge in [-0.1, -0.05) is 28.9 Å². The van der Waals surface area contributed by atoms with Gasteiger partial charge in [0, 0.05) is 47.8 Å². The van der Waals surface area contributed by atoms with Crippen LogP contribution in [0.5, 0.6) is 0 Å². The lowest BCUT2D eigenvalue weighted by Gasteiger charge is -2.27. The van der Waals surface area contributed by atoms with Gasteiger partial charge in [-0.25, -0.2) is 19.4 Å². The lowest BCUT2D eigenvalue weighted by molar-refractivity contribution is -0.0368. The zero-order chi connectivity index (χ0) is 28.3. The normalized spacial score (nSPS) is 25.7. The van der Waals surface area contributed by atoms with Crippen molar-refractivity contribution in [1.82, 2.24) is 30.2 Å². The van der Waals surface area contributed by atoms with Crippen LogP contribution in [0, 0.1) is 18.8 Å². The summed E-state index contributed by atoms with van der Waals surface area (Å²) in [6, 6.07) is 7.68. The Morgan fingerprint density at radius 2 is 2.17 bits per heavy atom. The third-order valence-electron chi connectivity index (χ3n) is 8.81. The molecule has 214 valence electrons. The minimum absolute atomic E-state index is 0.202. The van der Waals surface area contributed by atoms with Crippen molar-refractivity contribution in [2.45, 2.75) is 44.2 Å². The Kier molecular flexibility index (Phi) is 6.67. The van der Waals surface area contributed by atoms with E-state index in [0.717, 1.165) is 53.8 Å². The molecule has 1 aromatic carbocycles.